The molecule has 1 N–H and O–H groups in total. The maximum absolute atomic E-state index is 13.7. The number of fused-ring (bicyclic) bond motifs is 4. The Morgan fingerprint density at radius 1 is 0.942 bits per heavy atom. The van der Waals surface area contributed by atoms with Gasteiger partial charge < -0.3 is 66.7 Å². The molecule has 3 unspecified atom stereocenters. The number of methoxy groups -OCH3 is 2. The van der Waals surface area contributed by atoms with E-state index in [4.69, 9.17) is 61.6 Å². The number of esters is 1. The van der Waals surface area contributed by atoms with E-state index in [1.807, 2.05) is 12.1 Å². The standard InChI is InChI=1S/C36H42O16/c1-16-42-14-28-25(48-16)10-22(37)34(49-28)50-31-20-9-24-23(45-15-46-24)8-19(20)29(30-21(31)13-43-33(30)38)17-6-26(40-4)32(27(7-17)41-5)51-35(39)44-11-18-12-47-36(2,3)52-18/h6-9,16,18,21-22,25,28-31,34,37H,10-15H2,1-5H3/t16-,18?,21+,22-,25+,28?,29-,30?,31-,34+/m1/s1. The normalized spacial score (nSPS) is 34.1. The first-order valence-corrected chi connectivity index (χ1v) is 17.3. The van der Waals surface area contributed by atoms with E-state index in [1.54, 1.807) is 32.9 Å². The Morgan fingerprint density at radius 2 is 1.67 bits per heavy atom. The van der Waals surface area contributed by atoms with Crippen LogP contribution in [0.1, 0.15) is 55.9 Å². The average molecular weight is 731 g/mol. The van der Waals surface area contributed by atoms with Crippen LogP contribution < -0.4 is 23.7 Å². The number of carbonyl (C=O) groups is 2. The minimum Gasteiger partial charge on any atom is -0.493 e. The first-order chi connectivity index (χ1) is 25.0. The number of benzene rings is 2. The van der Waals surface area contributed by atoms with Crippen molar-refractivity contribution in [3.63, 3.8) is 0 Å². The number of hydrogen-bond donors (Lipinski definition) is 1. The molecule has 0 spiro atoms. The van der Waals surface area contributed by atoms with Gasteiger partial charge in [0.05, 0.1) is 52.2 Å². The van der Waals surface area contributed by atoms with Crippen LogP contribution in [-0.2, 0) is 42.7 Å². The number of carbonyl (C=O) groups excluding carboxylic acids is 2. The van der Waals surface area contributed by atoms with Crippen molar-refractivity contribution in [2.24, 2.45) is 11.8 Å². The van der Waals surface area contributed by atoms with Crippen molar-refractivity contribution >= 4 is 12.1 Å². The van der Waals surface area contributed by atoms with Gasteiger partial charge in [-0.3, -0.25) is 4.79 Å². The summed E-state index contributed by atoms with van der Waals surface area (Å²) in [5.74, 6) is -1.72. The summed E-state index contributed by atoms with van der Waals surface area (Å²) in [6.45, 7) is 5.90. The van der Waals surface area contributed by atoms with E-state index in [1.165, 1.54) is 14.2 Å². The Hall–Kier alpha value is -3.90. The predicted molar refractivity (Wildman–Crippen MR) is 172 cm³/mol. The summed E-state index contributed by atoms with van der Waals surface area (Å²) in [6, 6.07) is 7.03. The number of cyclic esters (lactones) is 1. The number of ether oxygens (including phenoxy) is 13. The lowest BCUT2D eigenvalue weighted by molar-refractivity contribution is -0.340. The third-order valence-corrected chi connectivity index (χ3v) is 10.3. The van der Waals surface area contributed by atoms with Gasteiger partial charge in [-0.1, -0.05) is 0 Å². The van der Waals surface area contributed by atoms with Crippen LogP contribution in [0.4, 0.5) is 4.79 Å². The maximum Gasteiger partial charge on any atom is 0.514 e. The SMILES string of the molecule is COc1cc([C@@H]2c3cc4c(cc3[C@@H](O[C@@H]3OC5CO[C@@H](C)O[C@H]5C[C@H]3O)[C@H]3COC(=O)C23)OCO4)cc(OC)c1OC(=O)OCC1COC(C)(C)O1. The summed E-state index contributed by atoms with van der Waals surface area (Å²) >= 11 is 0. The highest BCUT2D eigenvalue weighted by Crippen LogP contribution is 2.57. The van der Waals surface area contributed by atoms with Crippen LogP contribution in [0, 0.1) is 11.8 Å². The first-order valence-electron chi connectivity index (χ1n) is 17.3. The molecule has 5 aliphatic heterocycles. The lowest BCUT2D eigenvalue weighted by atomic mass is 9.66. The molecule has 282 valence electrons. The summed E-state index contributed by atoms with van der Waals surface area (Å²) in [4.78, 5) is 26.5. The molecule has 1 aliphatic carbocycles. The number of aliphatic hydroxyl groups excluding tert-OH is 1. The van der Waals surface area contributed by atoms with Crippen LogP contribution in [0.3, 0.4) is 0 Å². The molecule has 2 aromatic rings. The quantitative estimate of drug-likeness (QED) is 0.309. The second-order valence-electron chi connectivity index (χ2n) is 14.0. The van der Waals surface area contributed by atoms with E-state index in [2.05, 4.69) is 0 Å². The minimum absolute atomic E-state index is 0.0112. The molecule has 5 heterocycles. The molecule has 0 aromatic heterocycles. The molecule has 8 rings (SSSR count). The van der Waals surface area contributed by atoms with Gasteiger partial charge in [0.15, 0.2) is 41.4 Å². The third kappa shape index (κ3) is 6.50. The zero-order valence-corrected chi connectivity index (χ0v) is 29.4. The second-order valence-corrected chi connectivity index (χ2v) is 14.0. The smallest absolute Gasteiger partial charge is 0.493 e. The zero-order valence-electron chi connectivity index (χ0n) is 29.4. The summed E-state index contributed by atoms with van der Waals surface area (Å²) < 4.78 is 75.1. The molecule has 0 bridgehead atoms. The van der Waals surface area contributed by atoms with E-state index in [-0.39, 0.29) is 56.6 Å². The first kappa shape index (κ1) is 35.1. The zero-order chi connectivity index (χ0) is 36.3. The molecule has 52 heavy (non-hydrogen) atoms. The number of aliphatic hydroxyl groups is 1. The predicted octanol–water partition coefficient (Wildman–Crippen LogP) is 3.33. The monoisotopic (exact) mass is 730 g/mol. The van der Waals surface area contributed by atoms with Crippen molar-refractivity contribution in [3.05, 3.63) is 41.0 Å². The third-order valence-electron chi connectivity index (χ3n) is 10.3. The fourth-order valence-corrected chi connectivity index (χ4v) is 7.91. The molecule has 10 atom stereocenters. The molecule has 16 heteroatoms. The van der Waals surface area contributed by atoms with Crippen molar-refractivity contribution in [2.45, 2.75) is 82.0 Å². The molecule has 4 saturated heterocycles. The Bertz CT molecular complexity index is 1670. The largest absolute Gasteiger partial charge is 0.514 e. The van der Waals surface area contributed by atoms with Gasteiger partial charge in [-0.15, -0.1) is 0 Å². The Balaban J connectivity index is 1.11. The van der Waals surface area contributed by atoms with Gasteiger partial charge >= 0.3 is 12.1 Å². The van der Waals surface area contributed by atoms with Crippen molar-refractivity contribution < 1.29 is 76.3 Å². The molecule has 16 nitrogen and oxygen atoms in total. The topological polar surface area (TPSA) is 174 Å². The van der Waals surface area contributed by atoms with Gasteiger partial charge in [0, 0.05) is 18.3 Å². The highest BCUT2D eigenvalue weighted by atomic mass is 16.8. The summed E-state index contributed by atoms with van der Waals surface area (Å²) in [6.07, 6.45) is -5.12. The van der Waals surface area contributed by atoms with Crippen LogP contribution in [0.5, 0.6) is 28.7 Å². The van der Waals surface area contributed by atoms with E-state index in [0.29, 0.717) is 34.6 Å². The lowest BCUT2D eigenvalue weighted by Crippen LogP contribution is -2.55. The van der Waals surface area contributed by atoms with Gasteiger partial charge in [-0.2, -0.15) is 0 Å². The van der Waals surface area contributed by atoms with Crippen LogP contribution in [0.25, 0.3) is 0 Å². The molecular weight excluding hydrogens is 688 g/mol. The van der Waals surface area contributed by atoms with E-state index >= 15 is 0 Å². The molecule has 0 radical (unpaired) electrons. The van der Waals surface area contributed by atoms with Gasteiger partial charge in [0.2, 0.25) is 12.5 Å². The average Bonchev–Trinajstić information content (AvgIpc) is 3.84. The molecule has 2 aromatic carbocycles. The number of rotatable bonds is 8. The second kappa shape index (κ2) is 13.8. The minimum atomic E-state index is -1.03. The summed E-state index contributed by atoms with van der Waals surface area (Å²) in [5.41, 5.74) is 2.03. The van der Waals surface area contributed by atoms with Gasteiger partial charge in [0.25, 0.3) is 0 Å². The Morgan fingerprint density at radius 3 is 2.37 bits per heavy atom. The fourth-order valence-electron chi connectivity index (χ4n) is 7.91. The van der Waals surface area contributed by atoms with E-state index in [9.17, 15) is 14.7 Å². The fraction of sp³-hybridized carbons (Fsp3) is 0.611. The molecule has 6 aliphatic rings. The van der Waals surface area contributed by atoms with Crippen molar-refractivity contribution in [1.82, 2.24) is 0 Å². The molecule has 0 amide bonds. The van der Waals surface area contributed by atoms with Crippen LogP contribution in [-0.4, -0.2) is 107 Å². The molecule has 4 fully saturated rings. The Labute approximate surface area is 299 Å². The molecular formula is C36H42O16. The van der Waals surface area contributed by atoms with Crippen LogP contribution in [0.2, 0.25) is 0 Å². The van der Waals surface area contributed by atoms with Gasteiger partial charge in [-0.25, -0.2) is 4.79 Å². The van der Waals surface area contributed by atoms with E-state index < -0.39 is 72.7 Å². The highest BCUT2D eigenvalue weighted by molar-refractivity contribution is 5.79. The lowest BCUT2D eigenvalue weighted by Gasteiger charge is -2.45. The maximum atomic E-state index is 13.7. The highest BCUT2D eigenvalue weighted by Gasteiger charge is 2.55. The van der Waals surface area contributed by atoms with Crippen molar-refractivity contribution in [1.29, 1.82) is 0 Å². The van der Waals surface area contributed by atoms with Crippen LogP contribution >= 0.6 is 0 Å². The van der Waals surface area contributed by atoms with Crippen molar-refractivity contribution in [3.8, 4) is 28.7 Å². The van der Waals surface area contributed by atoms with Gasteiger partial charge in [-0.05, 0) is 61.7 Å². The number of hydrogen-bond acceptors (Lipinski definition) is 16. The van der Waals surface area contributed by atoms with Crippen molar-refractivity contribution in [2.75, 3.05) is 47.4 Å². The van der Waals surface area contributed by atoms with E-state index in [0.717, 1.165) is 0 Å². The van der Waals surface area contributed by atoms with Gasteiger partial charge in [0.1, 0.15) is 24.9 Å². The summed E-state index contributed by atoms with van der Waals surface area (Å²) in [5, 5.41) is 11.2. The Kier molecular flexibility index (Phi) is 9.34. The molecule has 0 saturated carbocycles. The van der Waals surface area contributed by atoms with Crippen LogP contribution in [0.15, 0.2) is 24.3 Å². The summed E-state index contributed by atoms with van der Waals surface area (Å²) in [7, 11) is 2.85.